The number of esters is 1. The minimum atomic E-state index is -2.18. The van der Waals surface area contributed by atoms with Crippen LogP contribution in [0.25, 0.3) is 0 Å². The fraction of sp³-hybridized carbons (Fsp3) is 0.682. The molecule has 0 N–H and O–H groups in total. The SMILES string of the molecule is CCCCCCCC1CCC(c2ccc(C(=O)OC(F)CF)cc2)CC1. The number of halogens is 2. The van der Waals surface area contributed by atoms with Crippen LogP contribution in [-0.4, -0.2) is 19.0 Å². The molecule has 1 aliphatic carbocycles. The molecule has 2 nitrogen and oxygen atoms in total. The molecule has 0 bridgehead atoms. The van der Waals surface area contributed by atoms with E-state index in [1.54, 1.807) is 12.1 Å². The zero-order chi connectivity index (χ0) is 18.8. The molecule has 2 rings (SSSR count). The number of carbonyl (C=O) groups excluding carboxylic acids is 1. The van der Waals surface area contributed by atoms with Crippen molar-refractivity contribution in [3.63, 3.8) is 0 Å². The molecular weight excluding hydrogens is 334 g/mol. The van der Waals surface area contributed by atoms with E-state index in [1.807, 2.05) is 12.1 Å². The Hall–Kier alpha value is -1.45. The fourth-order valence-corrected chi connectivity index (χ4v) is 3.93. The molecular formula is C22H32F2O2. The molecule has 0 aliphatic heterocycles. The first-order valence-electron chi connectivity index (χ1n) is 10.1. The lowest BCUT2D eigenvalue weighted by atomic mass is 9.77. The third-order valence-corrected chi connectivity index (χ3v) is 5.54. The topological polar surface area (TPSA) is 26.3 Å². The Labute approximate surface area is 156 Å². The number of ether oxygens (including phenoxy) is 1. The summed E-state index contributed by atoms with van der Waals surface area (Å²) in [7, 11) is 0. The average molecular weight is 366 g/mol. The largest absolute Gasteiger partial charge is 0.425 e. The maximum atomic E-state index is 12.8. The Kier molecular flexibility index (Phi) is 9.07. The summed E-state index contributed by atoms with van der Waals surface area (Å²) in [6.07, 6.45) is 10.9. The van der Waals surface area contributed by atoms with Crippen molar-refractivity contribution in [2.45, 2.75) is 83.4 Å². The van der Waals surface area contributed by atoms with E-state index in [9.17, 15) is 13.6 Å². The lowest BCUT2D eigenvalue weighted by Crippen LogP contribution is -2.16. The lowest BCUT2D eigenvalue weighted by Gasteiger charge is -2.29. The Bertz CT molecular complexity index is 521. The van der Waals surface area contributed by atoms with E-state index in [0.29, 0.717) is 5.92 Å². The molecule has 1 aliphatic rings. The number of hydrogen-bond donors (Lipinski definition) is 0. The number of carbonyl (C=O) groups is 1. The van der Waals surface area contributed by atoms with Crippen LogP contribution in [-0.2, 0) is 4.74 Å². The van der Waals surface area contributed by atoms with Gasteiger partial charge in [-0.3, -0.25) is 0 Å². The van der Waals surface area contributed by atoms with Crippen molar-refractivity contribution in [1.82, 2.24) is 0 Å². The zero-order valence-electron chi connectivity index (χ0n) is 15.9. The van der Waals surface area contributed by atoms with Gasteiger partial charge in [0.15, 0.2) is 6.67 Å². The third-order valence-electron chi connectivity index (χ3n) is 5.54. The molecule has 1 aromatic rings. The average Bonchev–Trinajstić information content (AvgIpc) is 2.68. The third kappa shape index (κ3) is 6.69. The minimum absolute atomic E-state index is 0.269. The van der Waals surface area contributed by atoms with E-state index in [2.05, 4.69) is 11.7 Å². The molecule has 1 saturated carbocycles. The van der Waals surface area contributed by atoms with Crippen molar-refractivity contribution >= 4 is 5.97 Å². The summed E-state index contributed by atoms with van der Waals surface area (Å²) in [6.45, 7) is 0.935. The van der Waals surface area contributed by atoms with Gasteiger partial charge in [-0.05, 0) is 55.2 Å². The molecule has 146 valence electrons. The smallest absolute Gasteiger partial charge is 0.340 e. The highest BCUT2D eigenvalue weighted by molar-refractivity contribution is 5.89. The lowest BCUT2D eigenvalue weighted by molar-refractivity contribution is -0.0254. The van der Waals surface area contributed by atoms with Crippen LogP contribution < -0.4 is 0 Å². The predicted molar refractivity (Wildman–Crippen MR) is 101 cm³/mol. The first-order valence-corrected chi connectivity index (χ1v) is 10.1. The van der Waals surface area contributed by atoms with E-state index in [1.165, 1.54) is 69.8 Å². The van der Waals surface area contributed by atoms with E-state index >= 15 is 0 Å². The molecule has 0 amide bonds. The van der Waals surface area contributed by atoms with Gasteiger partial charge >= 0.3 is 5.97 Å². The molecule has 4 heteroatoms. The second-order valence-corrected chi connectivity index (χ2v) is 7.51. The van der Waals surface area contributed by atoms with Gasteiger partial charge in [0, 0.05) is 0 Å². The summed E-state index contributed by atoms with van der Waals surface area (Å²) >= 11 is 0. The van der Waals surface area contributed by atoms with Crippen molar-refractivity contribution in [2.75, 3.05) is 6.67 Å². The van der Waals surface area contributed by atoms with Crippen LogP contribution in [0.15, 0.2) is 24.3 Å². The van der Waals surface area contributed by atoms with Crippen LogP contribution >= 0.6 is 0 Å². The molecule has 1 atom stereocenters. The first kappa shape index (κ1) is 20.9. The number of rotatable bonds is 10. The molecule has 0 heterocycles. The molecule has 0 aromatic heterocycles. The normalized spacial score (nSPS) is 21.3. The van der Waals surface area contributed by atoms with E-state index in [-0.39, 0.29) is 5.56 Å². The Balaban J connectivity index is 1.74. The van der Waals surface area contributed by atoms with Crippen LogP contribution in [0, 0.1) is 5.92 Å². The maximum Gasteiger partial charge on any atom is 0.340 e. The highest BCUT2D eigenvalue weighted by atomic mass is 19.2. The summed E-state index contributed by atoms with van der Waals surface area (Å²) in [4.78, 5) is 11.7. The van der Waals surface area contributed by atoms with Crippen molar-refractivity contribution < 1.29 is 18.3 Å². The molecule has 0 spiro atoms. The number of alkyl halides is 2. The van der Waals surface area contributed by atoms with Crippen LogP contribution in [0.1, 0.15) is 93.0 Å². The van der Waals surface area contributed by atoms with Crippen LogP contribution in [0.5, 0.6) is 0 Å². The van der Waals surface area contributed by atoms with E-state index in [0.717, 1.165) is 5.92 Å². The second-order valence-electron chi connectivity index (χ2n) is 7.51. The van der Waals surface area contributed by atoms with Crippen molar-refractivity contribution in [3.8, 4) is 0 Å². The summed E-state index contributed by atoms with van der Waals surface area (Å²) in [5, 5.41) is 0. The second kappa shape index (κ2) is 11.3. The maximum absolute atomic E-state index is 12.8. The summed E-state index contributed by atoms with van der Waals surface area (Å²) in [5.41, 5.74) is 1.50. The monoisotopic (exact) mass is 366 g/mol. The van der Waals surface area contributed by atoms with Crippen LogP contribution in [0.3, 0.4) is 0 Å². The number of hydrogen-bond acceptors (Lipinski definition) is 2. The van der Waals surface area contributed by atoms with Crippen LogP contribution in [0.4, 0.5) is 8.78 Å². The standard InChI is InChI=1S/C22H32F2O2/c1-2-3-4-5-6-7-17-8-10-18(11-9-17)19-12-14-20(15-13-19)22(25)26-21(24)16-23/h12-15,17-18,21H,2-11,16H2,1H3. The quantitative estimate of drug-likeness (QED) is 0.338. The van der Waals surface area contributed by atoms with Crippen LogP contribution in [0.2, 0.25) is 0 Å². The van der Waals surface area contributed by atoms with Gasteiger partial charge in [-0.25, -0.2) is 9.18 Å². The van der Waals surface area contributed by atoms with Gasteiger partial charge < -0.3 is 4.74 Å². The predicted octanol–water partition coefficient (Wildman–Crippen LogP) is 6.74. The van der Waals surface area contributed by atoms with Gasteiger partial charge in [0.1, 0.15) is 0 Å². The minimum Gasteiger partial charge on any atom is -0.425 e. The summed E-state index contributed by atoms with van der Waals surface area (Å²) < 4.78 is 29.3. The van der Waals surface area contributed by atoms with Crippen molar-refractivity contribution in [2.24, 2.45) is 5.92 Å². The number of benzene rings is 1. The molecule has 26 heavy (non-hydrogen) atoms. The Morgan fingerprint density at radius 3 is 2.35 bits per heavy atom. The van der Waals surface area contributed by atoms with Gasteiger partial charge in [-0.1, -0.05) is 57.6 Å². The van der Waals surface area contributed by atoms with E-state index < -0.39 is 19.0 Å². The first-order chi connectivity index (χ1) is 12.6. The van der Waals surface area contributed by atoms with Crippen molar-refractivity contribution in [1.29, 1.82) is 0 Å². The molecule has 1 aromatic carbocycles. The number of unbranched alkanes of at least 4 members (excludes halogenated alkanes) is 4. The molecule has 1 fully saturated rings. The van der Waals surface area contributed by atoms with E-state index in [4.69, 9.17) is 0 Å². The summed E-state index contributed by atoms with van der Waals surface area (Å²) in [6, 6.07) is 7.16. The van der Waals surface area contributed by atoms with Crippen molar-refractivity contribution in [3.05, 3.63) is 35.4 Å². The zero-order valence-corrected chi connectivity index (χ0v) is 15.9. The molecule has 1 unspecified atom stereocenters. The van der Waals surface area contributed by atoms with Gasteiger partial charge in [0.2, 0.25) is 0 Å². The van der Waals surface area contributed by atoms with Gasteiger partial charge in [0.05, 0.1) is 5.56 Å². The van der Waals surface area contributed by atoms with Gasteiger partial charge in [0.25, 0.3) is 6.36 Å². The Morgan fingerprint density at radius 1 is 1.08 bits per heavy atom. The highest BCUT2D eigenvalue weighted by Gasteiger charge is 2.22. The van der Waals surface area contributed by atoms with Gasteiger partial charge in [-0.2, -0.15) is 4.39 Å². The van der Waals surface area contributed by atoms with Gasteiger partial charge in [-0.15, -0.1) is 0 Å². The highest BCUT2D eigenvalue weighted by Crippen LogP contribution is 2.37. The molecule has 0 saturated heterocycles. The molecule has 0 radical (unpaired) electrons. The Morgan fingerprint density at radius 2 is 1.73 bits per heavy atom. The fourth-order valence-electron chi connectivity index (χ4n) is 3.93. The summed E-state index contributed by atoms with van der Waals surface area (Å²) in [5.74, 6) is 0.592.